The lowest BCUT2D eigenvalue weighted by molar-refractivity contribution is 0.174. The lowest BCUT2D eigenvalue weighted by Crippen LogP contribution is -2.37. The van der Waals surface area contributed by atoms with Crippen LogP contribution in [-0.4, -0.2) is 55.4 Å². The molecule has 1 aromatic rings. The summed E-state index contributed by atoms with van der Waals surface area (Å²) in [6.07, 6.45) is 2.70. The summed E-state index contributed by atoms with van der Waals surface area (Å²) in [4.78, 5) is 4.97. The molecule has 0 aromatic heterocycles. The quantitative estimate of drug-likeness (QED) is 0.733. The molecule has 1 atom stereocenters. The van der Waals surface area contributed by atoms with Crippen LogP contribution >= 0.6 is 15.9 Å². The SMILES string of the molecule is CN1CCC(CN(C)CC(CBr)c2ccccc2)CC1. The van der Waals surface area contributed by atoms with Gasteiger partial charge in [-0.2, -0.15) is 0 Å². The van der Waals surface area contributed by atoms with Gasteiger partial charge >= 0.3 is 0 Å². The second-order valence-electron chi connectivity index (χ2n) is 6.23. The first-order valence-corrected chi connectivity index (χ1v) is 8.79. The maximum absolute atomic E-state index is 3.68. The van der Waals surface area contributed by atoms with E-state index in [9.17, 15) is 0 Å². The van der Waals surface area contributed by atoms with E-state index in [1.54, 1.807) is 0 Å². The molecule has 0 amide bonds. The molecule has 0 radical (unpaired) electrons. The predicted molar refractivity (Wildman–Crippen MR) is 90.7 cm³/mol. The number of likely N-dealkylation sites (N-methyl/N-ethyl adjacent to an activating group) is 1. The van der Waals surface area contributed by atoms with Crippen molar-refractivity contribution in [2.75, 3.05) is 45.6 Å². The van der Waals surface area contributed by atoms with Crippen molar-refractivity contribution in [1.29, 1.82) is 0 Å². The fourth-order valence-corrected chi connectivity index (χ4v) is 3.68. The molecule has 1 aliphatic heterocycles. The van der Waals surface area contributed by atoms with Crippen molar-refractivity contribution >= 4 is 15.9 Å². The van der Waals surface area contributed by atoms with E-state index < -0.39 is 0 Å². The molecule has 2 nitrogen and oxygen atoms in total. The van der Waals surface area contributed by atoms with Gasteiger partial charge < -0.3 is 9.80 Å². The highest BCUT2D eigenvalue weighted by atomic mass is 79.9. The second kappa shape index (κ2) is 8.16. The van der Waals surface area contributed by atoms with Crippen LogP contribution in [0.2, 0.25) is 0 Å². The van der Waals surface area contributed by atoms with Crippen LogP contribution in [0.4, 0.5) is 0 Å². The molecule has 1 unspecified atom stereocenters. The highest BCUT2D eigenvalue weighted by Crippen LogP contribution is 2.21. The molecular weight excluding hydrogens is 312 g/mol. The molecule has 112 valence electrons. The first-order valence-electron chi connectivity index (χ1n) is 7.67. The van der Waals surface area contributed by atoms with Crippen molar-refractivity contribution in [1.82, 2.24) is 9.80 Å². The molecule has 1 aromatic carbocycles. The average molecular weight is 339 g/mol. The summed E-state index contributed by atoms with van der Waals surface area (Å²) < 4.78 is 0. The van der Waals surface area contributed by atoms with E-state index in [1.807, 2.05) is 0 Å². The molecule has 0 aliphatic carbocycles. The minimum Gasteiger partial charge on any atom is -0.306 e. The van der Waals surface area contributed by atoms with Crippen LogP contribution in [0.5, 0.6) is 0 Å². The number of hydrogen-bond donors (Lipinski definition) is 0. The summed E-state index contributed by atoms with van der Waals surface area (Å²) in [6, 6.07) is 10.9. The van der Waals surface area contributed by atoms with Crippen molar-refractivity contribution in [2.24, 2.45) is 5.92 Å². The molecule has 1 saturated heterocycles. The highest BCUT2D eigenvalue weighted by Gasteiger charge is 2.20. The summed E-state index contributed by atoms with van der Waals surface area (Å²) in [7, 11) is 4.51. The van der Waals surface area contributed by atoms with Gasteiger partial charge in [0.2, 0.25) is 0 Å². The first kappa shape index (κ1) is 16.0. The molecule has 0 N–H and O–H groups in total. The molecule has 0 spiro atoms. The Morgan fingerprint density at radius 3 is 2.50 bits per heavy atom. The third-order valence-electron chi connectivity index (χ3n) is 4.40. The Labute approximate surface area is 132 Å². The molecular formula is C17H27BrN2. The number of alkyl halides is 1. The number of nitrogens with zero attached hydrogens (tertiary/aromatic N) is 2. The number of rotatable bonds is 6. The van der Waals surface area contributed by atoms with E-state index in [1.165, 1.54) is 38.0 Å². The lowest BCUT2D eigenvalue weighted by Gasteiger charge is -2.32. The van der Waals surface area contributed by atoms with Gasteiger partial charge in [-0.3, -0.25) is 0 Å². The Balaban J connectivity index is 1.82. The summed E-state index contributed by atoms with van der Waals surface area (Å²) in [5.41, 5.74) is 1.44. The van der Waals surface area contributed by atoms with Crippen molar-refractivity contribution < 1.29 is 0 Å². The molecule has 1 heterocycles. The third-order valence-corrected chi connectivity index (χ3v) is 5.18. The molecule has 0 saturated carbocycles. The second-order valence-corrected chi connectivity index (χ2v) is 6.88. The van der Waals surface area contributed by atoms with Gasteiger partial charge in [-0.25, -0.2) is 0 Å². The molecule has 3 heteroatoms. The predicted octanol–water partition coefficient (Wildman–Crippen LogP) is 3.44. The van der Waals surface area contributed by atoms with Gasteiger partial charge in [0.15, 0.2) is 0 Å². The van der Waals surface area contributed by atoms with Gasteiger partial charge in [0.1, 0.15) is 0 Å². The van der Waals surface area contributed by atoms with Gasteiger partial charge in [0.05, 0.1) is 0 Å². The van der Waals surface area contributed by atoms with Crippen molar-refractivity contribution in [3.05, 3.63) is 35.9 Å². The van der Waals surface area contributed by atoms with Crippen LogP contribution in [0, 0.1) is 5.92 Å². The van der Waals surface area contributed by atoms with E-state index in [4.69, 9.17) is 0 Å². The number of likely N-dealkylation sites (tertiary alicyclic amines) is 1. The van der Waals surface area contributed by atoms with Gasteiger partial charge in [-0.15, -0.1) is 0 Å². The minimum atomic E-state index is 0.590. The van der Waals surface area contributed by atoms with Gasteiger partial charge in [0, 0.05) is 24.3 Å². The number of halogens is 1. The number of piperidine rings is 1. The van der Waals surface area contributed by atoms with E-state index in [2.05, 4.69) is 70.2 Å². The van der Waals surface area contributed by atoms with E-state index >= 15 is 0 Å². The summed E-state index contributed by atoms with van der Waals surface area (Å²) in [6.45, 7) is 4.91. The van der Waals surface area contributed by atoms with E-state index in [0.717, 1.165) is 17.8 Å². The van der Waals surface area contributed by atoms with Gasteiger partial charge in [-0.05, 0) is 51.5 Å². The maximum atomic E-state index is 3.68. The number of hydrogen-bond acceptors (Lipinski definition) is 2. The van der Waals surface area contributed by atoms with Crippen LogP contribution in [0.3, 0.4) is 0 Å². The Morgan fingerprint density at radius 2 is 1.90 bits per heavy atom. The number of benzene rings is 1. The molecule has 1 aliphatic rings. The van der Waals surface area contributed by atoms with Crippen LogP contribution in [0.1, 0.15) is 24.3 Å². The Kier molecular flexibility index (Phi) is 6.53. The van der Waals surface area contributed by atoms with Crippen LogP contribution in [-0.2, 0) is 0 Å². The molecule has 1 fully saturated rings. The van der Waals surface area contributed by atoms with Crippen molar-refractivity contribution in [3.8, 4) is 0 Å². The zero-order valence-corrected chi connectivity index (χ0v) is 14.3. The standard InChI is InChI=1S/C17H27BrN2/c1-19-10-8-15(9-11-19)13-20(2)14-17(12-18)16-6-4-3-5-7-16/h3-7,15,17H,8-14H2,1-2H3. The van der Waals surface area contributed by atoms with Crippen molar-refractivity contribution in [2.45, 2.75) is 18.8 Å². The Morgan fingerprint density at radius 1 is 1.25 bits per heavy atom. The lowest BCUT2D eigenvalue weighted by atomic mass is 9.95. The monoisotopic (exact) mass is 338 g/mol. The third kappa shape index (κ3) is 4.87. The first-order chi connectivity index (χ1) is 9.69. The molecule has 2 rings (SSSR count). The average Bonchev–Trinajstić information content (AvgIpc) is 2.48. The summed E-state index contributed by atoms with van der Waals surface area (Å²) >= 11 is 3.68. The fourth-order valence-electron chi connectivity index (χ4n) is 3.10. The maximum Gasteiger partial charge on any atom is 0.0112 e. The topological polar surface area (TPSA) is 6.48 Å². The van der Waals surface area contributed by atoms with Crippen LogP contribution in [0.25, 0.3) is 0 Å². The highest BCUT2D eigenvalue weighted by molar-refractivity contribution is 9.09. The van der Waals surface area contributed by atoms with Crippen molar-refractivity contribution in [3.63, 3.8) is 0 Å². The fraction of sp³-hybridized carbons (Fsp3) is 0.647. The van der Waals surface area contributed by atoms with E-state index in [-0.39, 0.29) is 0 Å². The largest absolute Gasteiger partial charge is 0.306 e. The van der Waals surface area contributed by atoms with Crippen LogP contribution < -0.4 is 0 Å². The smallest absolute Gasteiger partial charge is 0.0112 e. The van der Waals surface area contributed by atoms with Gasteiger partial charge in [0.25, 0.3) is 0 Å². The molecule has 20 heavy (non-hydrogen) atoms. The zero-order chi connectivity index (χ0) is 14.4. The zero-order valence-electron chi connectivity index (χ0n) is 12.8. The normalized spacial score (nSPS) is 19.4. The minimum absolute atomic E-state index is 0.590. The molecule has 0 bridgehead atoms. The summed E-state index contributed by atoms with van der Waals surface area (Å²) in [5.74, 6) is 1.47. The van der Waals surface area contributed by atoms with E-state index in [0.29, 0.717) is 5.92 Å². The Hall–Kier alpha value is -0.380. The summed E-state index contributed by atoms with van der Waals surface area (Å²) in [5, 5.41) is 1.04. The Bertz CT molecular complexity index is 374. The van der Waals surface area contributed by atoms with Gasteiger partial charge in [-0.1, -0.05) is 46.3 Å². The van der Waals surface area contributed by atoms with Crippen LogP contribution in [0.15, 0.2) is 30.3 Å².